The van der Waals surface area contributed by atoms with Crippen LogP contribution < -0.4 is 0 Å². The third-order valence-electron chi connectivity index (χ3n) is 4.89. The molecular formula is C16H26N4O2. The maximum atomic E-state index is 12.9. The predicted octanol–water partition coefficient (Wildman–Crippen LogP) is 1.00. The fourth-order valence-electron chi connectivity index (χ4n) is 3.68. The number of aryl methyl sites for hydroxylation is 1. The minimum atomic E-state index is 0.111. The van der Waals surface area contributed by atoms with Crippen LogP contribution in [0.5, 0.6) is 0 Å². The number of carbonyl (C=O) groups excluding carboxylic acids is 1. The van der Waals surface area contributed by atoms with Crippen LogP contribution in [0.3, 0.4) is 0 Å². The Morgan fingerprint density at radius 1 is 1.45 bits per heavy atom. The highest BCUT2D eigenvalue weighted by atomic mass is 16.5. The first-order valence-electron chi connectivity index (χ1n) is 8.22. The number of ether oxygens (including phenoxy) is 1. The number of rotatable bonds is 5. The van der Waals surface area contributed by atoms with Crippen LogP contribution in [0.4, 0.5) is 0 Å². The van der Waals surface area contributed by atoms with Gasteiger partial charge in [0.1, 0.15) is 5.69 Å². The lowest BCUT2D eigenvalue weighted by molar-refractivity contribution is 0.0756. The van der Waals surface area contributed by atoms with Crippen molar-refractivity contribution >= 4 is 5.91 Å². The lowest BCUT2D eigenvalue weighted by atomic mass is 10.1. The Labute approximate surface area is 132 Å². The van der Waals surface area contributed by atoms with Gasteiger partial charge < -0.3 is 14.5 Å². The van der Waals surface area contributed by atoms with Crippen LogP contribution in [0, 0.1) is 12.8 Å². The summed E-state index contributed by atoms with van der Waals surface area (Å²) in [4.78, 5) is 17.2. The van der Waals surface area contributed by atoms with E-state index in [1.54, 1.807) is 4.68 Å². The Kier molecular flexibility index (Phi) is 4.49. The molecule has 1 amide bonds. The Morgan fingerprint density at radius 3 is 3.00 bits per heavy atom. The average molecular weight is 306 g/mol. The Bertz CT molecular complexity index is 542. The predicted molar refractivity (Wildman–Crippen MR) is 83.9 cm³/mol. The number of carbonyl (C=O) groups is 1. The van der Waals surface area contributed by atoms with E-state index >= 15 is 0 Å². The van der Waals surface area contributed by atoms with Gasteiger partial charge in [0.05, 0.1) is 18.8 Å². The first-order valence-corrected chi connectivity index (χ1v) is 8.22. The first kappa shape index (κ1) is 15.5. The molecule has 6 nitrogen and oxygen atoms in total. The second kappa shape index (κ2) is 6.38. The minimum absolute atomic E-state index is 0.111. The highest BCUT2D eigenvalue weighted by molar-refractivity contribution is 5.93. The van der Waals surface area contributed by atoms with Crippen molar-refractivity contribution < 1.29 is 9.53 Å². The van der Waals surface area contributed by atoms with Crippen molar-refractivity contribution in [3.63, 3.8) is 0 Å². The largest absolute Gasteiger partial charge is 0.380 e. The number of hydrogen-bond acceptors (Lipinski definition) is 4. The lowest BCUT2D eigenvalue weighted by Gasteiger charge is -2.21. The van der Waals surface area contributed by atoms with E-state index in [-0.39, 0.29) is 5.91 Å². The number of hydrogen-bond donors (Lipinski definition) is 0. The van der Waals surface area contributed by atoms with Gasteiger partial charge in [0.2, 0.25) is 0 Å². The molecule has 3 rings (SSSR count). The molecule has 0 saturated carbocycles. The molecule has 2 atom stereocenters. The van der Waals surface area contributed by atoms with E-state index in [2.05, 4.69) is 17.0 Å². The van der Waals surface area contributed by atoms with Gasteiger partial charge in [0.15, 0.2) is 0 Å². The molecule has 6 heteroatoms. The standard InChI is InChI=1S/C16H26N4O2/c1-4-22-8-7-20-14(9-12(2)17-20)16(21)19-10-13-5-6-18(3)15(13)11-19/h9,13,15H,4-8,10-11H2,1-3H3. The van der Waals surface area contributed by atoms with E-state index in [4.69, 9.17) is 4.74 Å². The molecule has 0 N–H and O–H groups in total. The summed E-state index contributed by atoms with van der Waals surface area (Å²) in [6, 6.07) is 2.43. The van der Waals surface area contributed by atoms with Crippen molar-refractivity contribution in [2.45, 2.75) is 32.9 Å². The first-order chi connectivity index (χ1) is 10.6. The van der Waals surface area contributed by atoms with Crippen molar-refractivity contribution in [3.05, 3.63) is 17.5 Å². The average Bonchev–Trinajstić information content (AvgIpc) is 3.15. The van der Waals surface area contributed by atoms with Crippen LogP contribution in [-0.2, 0) is 11.3 Å². The van der Waals surface area contributed by atoms with Crippen LogP contribution in [0.25, 0.3) is 0 Å². The molecule has 0 aliphatic carbocycles. The molecule has 0 radical (unpaired) electrons. The summed E-state index contributed by atoms with van der Waals surface area (Å²) in [5.74, 6) is 0.745. The van der Waals surface area contributed by atoms with Crippen molar-refractivity contribution in [2.24, 2.45) is 5.92 Å². The van der Waals surface area contributed by atoms with Crippen LogP contribution in [0.1, 0.15) is 29.5 Å². The highest BCUT2D eigenvalue weighted by Gasteiger charge is 2.41. The molecular weight excluding hydrogens is 280 g/mol. The van der Waals surface area contributed by atoms with E-state index in [9.17, 15) is 4.79 Å². The Balaban J connectivity index is 1.70. The zero-order valence-electron chi connectivity index (χ0n) is 13.8. The summed E-state index contributed by atoms with van der Waals surface area (Å²) in [5, 5.41) is 4.44. The van der Waals surface area contributed by atoms with Crippen molar-refractivity contribution in [1.29, 1.82) is 0 Å². The van der Waals surface area contributed by atoms with Crippen LogP contribution in [0.2, 0.25) is 0 Å². The molecule has 2 aliphatic rings. The molecule has 0 bridgehead atoms. The molecule has 0 aromatic carbocycles. The summed E-state index contributed by atoms with van der Waals surface area (Å²) < 4.78 is 7.19. The van der Waals surface area contributed by atoms with Gasteiger partial charge in [-0.15, -0.1) is 0 Å². The summed E-state index contributed by atoms with van der Waals surface area (Å²) in [7, 11) is 2.16. The van der Waals surface area contributed by atoms with Crippen molar-refractivity contribution in [1.82, 2.24) is 19.6 Å². The number of amides is 1. The van der Waals surface area contributed by atoms with Crippen LogP contribution in [0.15, 0.2) is 6.07 Å². The van der Waals surface area contributed by atoms with Gasteiger partial charge in [0.25, 0.3) is 5.91 Å². The fourth-order valence-corrected chi connectivity index (χ4v) is 3.68. The fraction of sp³-hybridized carbons (Fsp3) is 0.750. The molecule has 22 heavy (non-hydrogen) atoms. The van der Waals surface area contributed by atoms with E-state index in [1.165, 1.54) is 6.42 Å². The zero-order chi connectivity index (χ0) is 15.7. The molecule has 2 fully saturated rings. The van der Waals surface area contributed by atoms with E-state index in [1.807, 2.05) is 24.8 Å². The molecule has 2 aliphatic heterocycles. The summed E-state index contributed by atoms with van der Waals surface area (Å²) in [5.41, 5.74) is 1.58. The molecule has 122 valence electrons. The van der Waals surface area contributed by atoms with Gasteiger partial charge in [-0.25, -0.2) is 0 Å². The molecule has 1 aromatic rings. The third-order valence-corrected chi connectivity index (χ3v) is 4.89. The molecule has 3 heterocycles. The summed E-state index contributed by atoms with van der Waals surface area (Å²) in [6.45, 7) is 8.68. The van der Waals surface area contributed by atoms with Gasteiger partial charge in [-0.1, -0.05) is 0 Å². The van der Waals surface area contributed by atoms with Gasteiger partial charge in [-0.2, -0.15) is 5.10 Å². The minimum Gasteiger partial charge on any atom is -0.380 e. The molecule has 2 saturated heterocycles. The topological polar surface area (TPSA) is 50.6 Å². The maximum Gasteiger partial charge on any atom is 0.272 e. The number of aromatic nitrogens is 2. The van der Waals surface area contributed by atoms with Crippen molar-refractivity contribution in [2.75, 3.05) is 39.9 Å². The monoisotopic (exact) mass is 306 g/mol. The molecule has 2 unspecified atom stereocenters. The van der Waals surface area contributed by atoms with E-state index in [0.29, 0.717) is 37.4 Å². The molecule has 1 aromatic heterocycles. The van der Waals surface area contributed by atoms with Gasteiger partial charge in [-0.3, -0.25) is 9.48 Å². The quantitative estimate of drug-likeness (QED) is 0.762. The number of nitrogens with zero attached hydrogens (tertiary/aromatic N) is 4. The molecule has 0 spiro atoms. The number of fused-ring (bicyclic) bond motifs is 1. The second-order valence-electron chi connectivity index (χ2n) is 6.40. The lowest BCUT2D eigenvalue weighted by Crippen LogP contribution is -2.36. The highest BCUT2D eigenvalue weighted by Crippen LogP contribution is 2.31. The summed E-state index contributed by atoms with van der Waals surface area (Å²) in [6.07, 6.45) is 1.20. The SMILES string of the molecule is CCOCCn1nc(C)cc1C(=O)N1CC2CCN(C)C2C1. The maximum absolute atomic E-state index is 12.9. The van der Waals surface area contributed by atoms with Crippen LogP contribution >= 0.6 is 0 Å². The van der Waals surface area contributed by atoms with Gasteiger partial charge in [-0.05, 0) is 45.8 Å². The number of likely N-dealkylation sites (N-methyl/N-ethyl adjacent to an activating group) is 1. The zero-order valence-corrected chi connectivity index (χ0v) is 13.8. The van der Waals surface area contributed by atoms with E-state index < -0.39 is 0 Å². The van der Waals surface area contributed by atoms with E-state index in [0.717, 1.165) is 25.3 Å². The third kappa shape index (κ3) is 2.90. The van der Waals surface area contributed by atoms with Crippen molar-refractivity contribution in [3.8, 4) is 0 Å². The van der Waals surface area contributed by atoms with Gasteiger partial charge >= 0.3 is 0 Å². The second-order valence-corrected chi connectivity index (χ2v) is 6.40. The Hall–Kier alpha value is -1.40. The Morgan fingerprint density at radius 2 is 2.27 bits per heavy atom. The smallest absolute Gasteiger partial charge is 0.272 e. The number of likely N-dealkylation sites (tertiary alicyclic amines) is 2. The normalized spacial score (nSPS) is 25.0. The van der Waals surface area contributed by atoms with Gasteiger partial charge in [0, 0.05) is 25.7 Å². The summed E-state index contributed by atoms with van der Waals surface area (Å²) >= 11 is 0. The van der Waals surface area contributed by atoms with Crippen LogP contribution in [-0.4, -0.2) is 71.4 Å².